The van der Waals surface area contributed by atoms with Crippen molar-refractivity contribution in [1.29, 1.82) is 0 Å². The minimum atomic E-state index is -0.807. The molecular weight excluding hydrogens is 246 g/mol. The zero-order valence-corrected chi connectivity index (χ0v) is 10.7. The van der Waals surface area contributed by atoms with Gasteiger partial charge in [0, 0.05) is 0 Å². The Bertz CT molecular complexity index is 482. The van der Waals surface area contributed by atoms with E-state index in [0.29, 0.717) is 24.7 Å². The number of carbonyl (C=O) groups is 1. The average molecular weight is 263 g/mol. The van der Waals surface area contributed by atoms with Crippen LogP contribution in [-0.2, 0) is 4.79 Å². The van der Waals surface area contributed by atoms with Crippen LogP contribution in [-0.4, -0.2) is 42.3 Å². The van der Waals surface area contributed by atoms with Gasteiger partial charge in [-0.2, -0.15) is 0 Å². The molecule has 1 saturated heterocycles. The fourth-order valence-corrected chi connectivity index (χ4v) is 2.74. The number of hydrogen-bond donors (Lipinski definition) is 1. The molecule has 5 heteroatoms. The summed E-state index contributed by atoms with van der Waals surface area (Å²) in [5.74, 6) is 0.535. The number of hydrogen-bond acceptors (Lipinski definition) is 4. The maximum Gasteiger partial charge on any atom is 0.325 e. The molecule has 0 bridgehead atoms. The molecule has 2 heterocycles. The highest BCUT2D eigenvalue weighted by Crippen LogP contribution is 2.35. The number of aliphatic carboxylic acids is 1. The minimum Gasteiger partial charge on any atom is -0.486 e. The van der Waals surface area contributed by atoms with Gasteiger partial charge in [0.15, 0.2) is 11.5 Å². The van der Waals surface area contributed by atoms with Gasteiger partial charge in [0.1, 0.15) is 19.3 Å². The highest BCUT2D eigenvalue weighted by atomic mass is 16.6. The van der Waals surface area contributed by atoms with Crippen LogP contribution in [0.25, 0.3) is 0 Å². The molecule has 0 aromatic heterocycles. The van der Waals surface area contributed by atoms with Crippen molar-refractivity contribution in [3.8, 4) is 11.5 Å². The Kier molecular flexibility index (Phi) is 3.29. The number of likely N-dealkylation sites (tertiary alicyclic amines) is 1. The van der Waals surface area contributed by atoms with Crippen LogP contribution in [0, 0.1) is 0 Å². The van der Waals surface area contributed by atoms with Gasteiger partial charge >= 0.3 is 5.97 Å². The molecule has 2 aliphatic heterocycles. The molecule has 1 aromatic carbocycles. The Morgan fingerprint density at radius 1 is 1.16 bits per heavy atom. The van der Waals surface area contributed by atoms with Crippen molar-refractivity contribution in [3.63, 3.8) is 0 Å². The van der Waals surface area contributed by atoms with Crippen molar-refractivity contribution < 1.29 is 19.4 Å². The summed E-state index contributed by atoms with van der Waals surface area (Å²) >= 11 is 0. The smallest absolute Gasteiger partial charge is 0.325 e. The molecular formula is C14H17NO4. The van der Waals surface area contributed by atoms with Crippen LogP contribution >= 0.6 is 0 Å². The maximum absolute atomic E-state index is 11.5. The van der Waals surface area contributed by atoms with Gasteiger partial charge < -0.3 is 14.6 Å². The van der Waals surface area contributed by atoms with E-state index in [9.17, 15) is 9.90 Å². The quantitative estimate of drug-likeness (QED) is 0.899. The van der Waals surface area contributed by atoms with Gasteiger partial charge in [-0.1, -0.05) is 6.07 Å². The molecule has 1 fully saturated rings. The summed E-state index contributed by atoms with van der Waals surface area (Å²) in [5.41, 5.74) is 0.763. The molecule has 5 nitrogen and oxygen atoms in total. The third-order valence-electron chi connectivity index (χ3n) is 3.62. The van der Waals surface area contributed by atoms with Crippen LogP contribution in [0.1, 0.15) is 24.4 Å². The second-order valence-electron chi connectivity index (χ2n) is 4.89. The maximum atomic E-state index is 11.5. The first-order valence-corrected chi connectivity index (χ1v) is 6.62. The Balaban J connectivity index is 1.91. The predicted molar refractivity (Wildman–Crippen MR) is 68.6 cm³/mol. The summed E-state index contributed by atoms with van der Waals surface area (Å²) in [4.78, 5) is 13.5. The lowest BCUT2D eigenvalue weighted by molar-refractivity contribution is -0.143. The van der Waals surface area contributed by atoms with Crippen LogP contribution in [0.3, 0.4) is 0 Å². The van der Waals surface area contributed by atoms with Crippen molar-refractivity contribution in [2.45, 2.75) is 18.9 Å². The Morgan fingerprint density at radius 3 is 2.53 bits per heavy atom. The number of ether oxygens (including phenoxy) is 2. The molecule has 0 unspecified atom stereocenters. The van der Waals surface area contributed by atoms with Gasteiger partial charge in [0.05, 0.1) is 0 Å². The van der Waals surface area contributed by atoms with E-state index < -0.39 is 12.0 Å². The second kappa shape index (κ2) is 5.09. The zero-order chi connectivity index (χ0) is 13.2. The van der Waals surface area contributed by atoms with Crippen LogP contribution in [0.2, 0.25) is 0 Å². The molecule has 2 aliphatic rings. The van der Waals surface area contributed by atoms with Gasteiger partial charge in [0.2, 0.25) is 0 Å². The summed E-state index contributed by atoms with van der Waals surface area (Å²) in [6.45, 7) is 2.73. The lowest BCUT2D eigenvalue weighted by atomic mass is 10.0. The normalized spacial score (nSPS) is 20.2. The van der Waals surface area contributed by atoms with Gasteiger partial charge in [-0.25, -0.2) is 0 Å². The molecule has 0 radical (unpaired) electrons. The summed E-state index contributed by atoms with van der Waals surface area (Å²) in [5, 5.41) is 9.48. The van der Waals surface area contributed by atoms with Crippen molar-refractivity contribution in [2.75, 3.05) is 26.3 Å². The third kappa shape index (κ3) is 2.38. The number of nitrogens with zero attached hydrogens (tertiary/aromatic N) is 1. The van der Waals surface area contributed by atoms with E-state index in [-0.39, 0.29) is 0 Å². The number of fused-ring (bicyclic) bond motifs is 1. The topological polar surface area (TPSA) is 59.0 Å². The minimum absolute atomic E-state index is 0.512. The lowest BCUT2D eigenvalue weighted by Crippen LogP contribution is -2.31. The first-order chi connectivity index (χ1) is 9.25. The van der Waals surface area contributed by atoms with Crippen LogP contribution in [0.15, 0.2) is 18.2 Å². The van der Waals surface area contributed by atoms with Gasteiger partial charge in [-0.15, -0.1) is 0 Å². The standard InChI is InChI=1S/C14H17NO4/c16-14(17)13(15-5-1-2-6-15)10-3-4-11-12(9-10)19-8-7-18-11/h3-4,9,13H,1-2,5-8H2,(H,16,17)/t13-/m1/s1. The van der Waals surface area contributed by atoms with E-state index >= 15 is 0 Å². The SMILES string of the molecule is O=C(O)[C@@H](c1ccc2c(c1)OCCO2)N1CCCC1. The van der Waals surface area contributed by atoms with E-state index in [4.69, 9.17) is 9.47 Å². The summed E-state index contributed by atoms with van der Waals surface area (Å²) in [6, 6.07) is 4.84. The van der Waals surface area contributed by atoms with Crippen molar-refractivity contribution in [1.82, 2.24) is 4.90 Å². The lowest BCUT2D eigenvalue weighted by Gasteiger charge is -2.26. The summed E-state index contributed by atoms with van der Waals surface area (Å²) in [7, 11) is 0. The first kappa shape index (κ1) is 12.3. The highest BCUT2D eigenvalue weighted by molar-refractivity contribution is 5.76. The van der Waals surface area contributed by atoms with Crippen LogP contribution in [0.4, 0.5) is 0 Å². The summed E-state index contributed by atoms with van der Waals surface area (Å²) < 4.78 is 11.0. The summed E-state index contributed by atoms with van der Waals surface area (Å²) in [6.07, 6.45) is 2.13. The molecule has 3 rings (SSSR count). The number of benzene rings is 1. The Labute approximate surface area is 111 Å². The van der Waals surface area contributed by atoms with Crippen molar-refractivity contribution in [2.24, 2.45) is 0 Å². The molecule has 1 aromatic rings. The van der Waals surface area contributed by atoms with Crippen LogP contribution < -0.4 is 9.47 Å². The average Bonchev–Trinajstić information content (AvgIpc) is 2.92. The molecule has 0 amide bonds. The molecule has 0 aliphatic carbocycles. The van der Waals surface area contributed by atoms with Crippen molar-refractivity contribution in [3.05, 3.63) is 23.8 Å². The molecule has 19 heavy (non-hydrogen) atoms. The third-order valence-corrected chi connectivity index (χ3v) is 3.62. The monoisotopic (exact) mass is 263 g/mol. The molecule has 1 N–H and O–H groups in total. The van der Waals surface area contributed by atoms with E-state index in [1.54, 1.807) is 12.1 Å². The van der Waals surface area contributed by atoms with E-state index in [0.717, 1.165) is 31.5 Å². The Morgan fingerprint density at radius 2 is 1.84 bits per heavy atom. The van der Waals surface area contributed by atoms with Gasteiger partial charge in [-0.3, -0.25) is 9.69 Å². The van der Waals surface area contributed by atoms with Crippen LogP contribution in [0.5, 0.6) is 11.5 Å². The molecule has 0 spiro atoms. The molecule has 1 atom stereocenters. The largest absolute Gasteiger partial charge is 0.486 e. The van der Waals surface area contributed by atoms with Gasteiger partial charge in [0.25, 0.3) is 0 Å². The highest BCUT2D eigenvalue weighted by Gasteiger charge is 2.30. The van der Waals surface area contributed by atoms with E-state index in [1.807, 2.05) is 11.0 Å². The fraction of sp³-hybridized carbons (Fsp3) is 0.500. The predicted octanol–water partition coefficient (Wildman–Crippen LogP) is 1.68. The number of rotatable bonds is 3. The Hall–Kier alpha value is -1.75. The molecule has 0 saturated carbocycles. The number of carboxylic acids is 1. The fourth-order valence-electron chi connectivity index (χ4n) is 2.74. The molecule has 102 valence electrons. The van der Waals surface area contributed by atoms with Gasteiger partial charge in [-0.05, 0) is 43.6 Å². The second-order valence-corrected chi connectivity index (χ2v) is 4.89. The van der Waals surface area contributed by atoms with E-state index in [1.165, 1.54) is 0 Å². The van der Waals surface area contributed by atoms with Crippen molar-refractivity contribution >= 4 is 5.97 Å². The zero-order valence-electron chi connectivity index (χ0n) is 10.7. The van der Waals surface area contributed by atoms with E-state index in [2.05, 4.69) is 0 Å². The first-order valence-electron chi connectivity index (χ1n) is 6.62. The number of carboxylic acid groups (broad SMARTS) is 1.